The van der Waals surface area contributed by atoms with Crippen LogP contribution in [0.4, 0.5) is 10.8 Å². The summed E-state index contributed by atoms with van der Waals surface area (Å²) in [6, 6.07) is 1.95. The highest BCUT2D eigenvalue weighted by Crippen LogP contribution is 2.29. The number of thiazole rings is 1. The maximum absolute atomic E-state index is 11.1. The van der Waals surface area contributed by atoms with E-state index in [2.05, 4.69) is 10.3 Å². The number of hydrogen-bond donors (Lipinski definition) is 2. The number of thiophene rings is 1. The van der Waals surface area contributed by atoms with Gasteiger partial charge in [0, 0.05) is 10.8 Å². The summed E-state index contributed by atoms with van der Waals surface area (Å²) < 4.78 is 0. The van der Waals surface area contributed by atoms with Gasteiger partial charge in [0.15, 0.2) is 5.13 Å². The highest BCUT2D eigenvalue weighted by Gasteiger charge is 2.32. The van der Waals surface area contributed by atoms with Crippen molar-refractivity contribution in [1.82, 2.24) is 4.98 Å². The van der Waals surface area contributed by atoms with Crippen LogP contribution in [-0.2, 0) is 10.2 Å². The molecular weight excluding hydrogens is 256 g/mol. The summed E-state index contributed by atoms with van der Waals surface area (Å²) in [5.41, 5.74) is 0.599. The van der Waals surface area contributed by atoms with Gasteiger partial charge in [-0.15, -0.1) is 11.3 Å². The van der Waals surface area contributed by atoms with Gasteiger partial charge in [0.25, 0.3) is 0 Å². The fraction of sp³-hybridized carbons (Fsp3) is 0.273. The Labute approximate surface area is 107 Å². The predicted octanol–water partition coefficient (Wildman–Crippen LogP) is 3.31. The van der Waals surface area contributed by atoms with Gasteiger partial charge in [0.2, 0.25) is 0 Å². The van der Waals surface area contributed by atoms with Crippen molar-refractivity contribution in [3.63, 3.8) is 0 Å². The van der Waals surface area contributed by atoms with Gasteiger partial charge in [-0.05, 0) is 25.3 Å². The minimum absolute atomic E-state index is 0.577. The molecule has 17 heavy (non-hydrogen) atoms. The van der Waals surface area contributed by atoms with Crippen LogP contribution in [0.2, 0.25) is 0 Å². The first-order valence-corrected chi connectivity index (χ1v) is 6.81. The molecule has 0 atom stereocenters. The van der Waals surface area contributed by atoms with Crippen molar-refractivity contribution in [3.05, 3.63) is 27.9 Å². The molecule has 0 aromatic carbocycles. The lowest BCUT2D eigenvalue weighted by molar-refractivity contribution is -0.142. The number of aliphatic carboxylic acids is 1. The summed E-state index contributed by atoms with van der Waals surface area (Å²) in [6.45, 7) is 3.30. The molecule has 90 valence electrons. The summed E-state index contributed by atoms with van der Waals surface area (Å²) in [5.74, 6) is -0.870. The van der Waals surface area contributed by atoms with Gasteiger partial charge in [-0.25, -0.2) is 4.98 Å². The number of hydrogen-bond acceptors (Lipinski definition) is 5. The second kappa shape index (κ2) is 4.46. The van der Waals surface area contributed by atoms with E-state index in [0.717, 1.165) is 5.69 Å². The van der Waals surface area contributed by atoms with Crippen molar-refractivity contribution in [2.75, 3.05) is 5.32 Å². The maximum atomic E-state index is 11.1. The van der Waals surface area contributed by atoms with E-state index in [1.165, 1.54) is 11.3 Å². The Morgan fingerprint density at radius 3 is 2.82 bits per heavy atom. The van der Waals surface area contributed by atoms with Crippen molar-refractivity contribution in [1.29, 1.82) is 0 Å². The fourth-order valence-corrected chi connectivity index (χ4v) is 2.67. The van der Waals surface area contributed by atoms with Crippen LogP contribution in [0.5, 0.6) is 0 Å². The van der Waals surface area contributed by atoms with Gasteiger partial charge in [0.05, 0.1) is 11.4 Å². The number of nitrogens with zero attached hydrogens (tertiary/aromatic N) is 1. The first kappa shape index (κ1) is 12.1. The van der Waals surface area contributed by atoms with E-state index in [1.807, 2.05) is 16.8 Å². The molecule has 0 amide bonds. The van der Waals surface area contributed by atoms with Crippen LogP contribution in [0.15, 0.2) is 22.2 Å². The van der Waals surface area contributed by atoms with E-state index in [4.69, 9.17) is 5.11 Å². The largest absolute Gasteiger partial charge is 0.481 e. The van der Waals surface area contributed by atoms with Crippen molar-refractivity contribution in [2.45, 2.75) is 19.3 Å². The molecule has 0 bridgehead atoms. The summed E-state index contributed by atoms with van der Waals surface area (Å²) >= 11 is 3.01. The smallest absolute Gasteiger partial charge is 0.315 e. The van der Waals surface area contributed by atoms with Crippen LogP contribution in [-0.4, -0.2) is 16.1 Å². The molecule has 2 N–H and O–H groups in total. The first-order valence-electron chi connectivity index (χ1n) is 4.99. The Morgan fingerprint density at radius 1 is 1.47 bits per heavy atom. The van der Waals surface area contributed by atoms with Crippen LogP contribution >= 0.6 is 22.7 Å². The van der Waals surface area contributed by atoms with Crippen LogP contribution in [0.25, 0.3) is 0 Å². The van der Waals surface area contributed by atoms with E-state index in [-0.39, 0.29) is 0 Å². The summed E-state index contributed by atoms with van der Waals surface area (Å²) in [7, 11) is 0. The molecule has 6 heteroatoms. The molecule has 0 spiro atoms. The normalized spacial score (nSPS) is 11.4. The molecule has 2 aromatic rings. The summed E-state index contributed by atoms with van der Waals surface area (Å²) in [5, 5.41) is 18.7. The zero-order valence-corrected chi connectivity index (χ0v) is 11.1. The zero-order chi connectivity index (χ0) is 12.5. The zero-order valence-electron chi connectivity index (χ0n) is 9.43. The average molecular weight is 268 g/mol. The monoisotopic (exact) mass is 268 g/mol. The number of carboxylic acids is 1. The van der Waals surface area contributed by atoms with E-state index in [9.17, 15) is 4.79 Å². The van der Waals surface area contributed by atoms with E-state index < -0.39 is 11.4 Å². The number of anilines is 2. The van der Waals surface area contributed by atoms with E-state index >= 15 is 0 Å². The average Bonchev–Trinajstić information content (AvgIpc) is 2.89. The van der Waals surface area contributed by atoms with Gasteiger partial charge in [-0.2, -0.15) is 11.3 Å². The number of nitrogens with one attached hydrogen (secondary N) is 1. The maximum Gasteiger partial charge on any atom is 0.315 e. The van der Waals surface area contributed by atoms with Gasteiger partial charge < -0.3 is 10.4 Å². The van der Waals surface area contributed by atoms with Gasteiger partial charge in [-0.1, -0.05) is 0 Å². The molecule has 0 radical (unpaired) electrons. The molecule has 0 aliphatic carbocycles. The second-order valence-corrected chi connectivity index (χ2v) is 5.74. The number of rotatable bonds is 4. The lowest BCUT2D eigenvalue weighted by Gasteiger charge is -2.15. The second-order valence-electron chi connectivity index (χ2n) is 4.11. The van der Waals surface area contributed by atoms with Gasteiger partial charge in [-0.3, -0.25) is 4.79 Å². The highest BCUT2D eigenvalue weighted by atomic mass is 32.1. The fourth-order valence-electron chi connectivity index (χ4n) is 1.19. The third kappa shape index (κ3) is 2.48. The van der Waals surface area contributed by atoms with Crippen LogP contribution in [0.3, 0.4) is 0 Å². The van der Waals surface area contributed by atoms with Crippen molar-refractivity contribution < 1.29 is 9.90 Å². The van der Waals surface area contributed by atoms with Crippen molar-refractivity contribution in [3.8, 4) is 0 Å². The third-order valence-corrected chi connectivity index (χ3v) is 3.89. The minimum Gasteiger partial charge on any atom is -0.481 e. The standard InChI is InChI=1S/C11H12N2O2S2/c1-11(2,9(14)15)8-6-17-10(13-8)12-7-3-4-16-5-7/h3-6H,1-2H3,(H,12,13)(H,14,15). The van der Waals surface area contributed by atoms with E-state index in [1.54, 1.807) is 30.6 Å². The van der Waals surface area contributed by atoms with Crippen molar-refractivity contribution in [2.24, 2.45) is 0 Å². The first-order chi connectivity index (χ1) is 8.00. The Kier molecular flexibility index (Phi) is 3.17. The van der Waals surface area contributed by atoms with Gasteiger partial charge in [0.1, 0.15) is 5.41 Å². The molecule has 0 saturated heterocycles. The molecule has 0 aliphatic heterocycles. The Balaban J connectivity index is 2.19. The molecule has 2 heterocycles. The quantitative estimate of drug-likeness (QED) is 0.893. The molecule has 0 unspecified atom stereocenters. The molecule has 0 aliphatic rings. The van der Waals surface area contributed by atoms with Crippen molar-refractivity contribution >= 4 is 39.5 Å². The predicted molar refractivity (Wildman–Crippen MR) is 70.4 cm³/mol. The molecule has 2 rings (SSSR count). The number of carboxylic acid groups (broad SMARTS) is 1. The van der Waals surface area contributed by atoms with Crippen LogP contribution < -0.4 is 5.32 Å². The van der Waals surface area contributed by atoms with Crippen LogP contribution in [0.1, 0.15) is 19.5 Å². The summed E-state index contributed by atoms with van der Waals surface area (Å²) in [6.07, 6.45) is 0. The molecule has 2 aromatic heterocycles. The lowest BCUT2D eigenvalue weighted by Crippen LogP contribution is -2.28. The molecule has 4 nitrogen and oxygen atoms in total. The molecule has 0 saturated carbocycles. The van der Waals surface area contributed by atoms with Gasteiger partial charge >= 0.3 is 5.97 Å². The SMILES string of the molecule is CC(C)(C(=O)O)c1csc(Nc2ccsc2)n1. The lowest BCUT2D eigenvalue weighted by atomic mass is 9.90. The van der Waals surface area contributed by atoms with E-state index in [0.29, 0.717) is 10.8 Å². The minimum atomic E-state index is -0.953. The number of carbonyl (C=O) groups is 1. The Bertz CT molecular complexity index is 517. The highest BCUT2D eigenvalue weighted by molar-refractivity contribution is 7.14. The number of aromatic nitrogens is 1. The van der Waals surface area contributed by atoms with Crippen LogP contribution in [0, 0.1) is 0 Å². The third-order valence-electron chi connectivity index (χ3n) is 2.45. The summed E-state index contributed by atoms with van der Waals surface area (Å²) in [4.78, 5) is 15.4. The molecular formula is C11H12N2O2S2. The Morgan fingerprint density at radius 2 is 2.24 bits per heavy atom. The molecule has 0 fully saturated rings. The Hall–Kier alpha value is -1.40. The topological polar surface area (TPSA) is 62.2 Å².